The SMILES string of the molecule is CCCn1c(SCCCc2nc(-c3ccccc3)no2)nc2ccccc2c1=O. The maximum atomic E-state index is 12.8. The average molecular weight is 407 g/mol. The van der Waals surface area contributed by atoms with Crippen molar-refractivity contribution in [3.63, 3.8) is 0 Å². The van der Waals surface area contributed by atoms with E-state index in [0.29, 0.717) is 30.1 Å². The van der Waals surface area contributed by atoms with Crippen molar-refractivity contribution in [2.24, 2.45) is 0 Å². The van der Waals surface area contributed by atoms with Crippen LogP contribution in [0.1, 0.15) is 25.7 Å². The summed E-state index contributed by atoms with van der Waals surface area (Å²) in [7, 11) is 0. The summed E-state index contributed by atoms with van der Waals surface area (Å²) >= 11 is 1.60. The van der Waals surface area contributed by atoms with Crippen LogP contribution in [-0.2, 0) is 13.0 Å². The van der Waals surface area contributed by atoms with Crippen molar-refractivity contribution in [1.29, 1.82) is 0 Å². The van der Waals surface area contributed by atoms with Crippen molar-refractivity contribution in [3.8, 4) is 11.4 Å². The van der Waals surface area contributed by atoms with Gasteiger partial charge in [0.1, 0.15) is 0 Å². The molecule has 4 rings (SSSR count). The maximum Gasteiger partial charge on any atom is 0.262 e. The number of fused-ring (bicyclic) bond motifs is 1. The lowest BCUT2D eigenvalue weighted by molar-refractivity contribution is 0.378. The molecule has 148 valence electrons. The second-order valence-electron chi connectivity index (χ2n) is 6.70. The van der Waals surface area contributed by atoms with Crippen LogP contribution in [0.5, 0.6) is 0 Å². The predicted octanol–water partition coefficient (Wildman–Crippen LogP) is 4.58. The third kappa shape index (κ3) is 4.40. The molecule has 29 heavy (non-hydrogen) atoms. The fourth-order valence-corrected chi connectivity index (χ4v) is 4.09. The quantitative estimate of drug-likeness (QED) is 0.242. The van der Waals surface area contributed by atoms with Crippen LogP contribution < -0.4 is 5.56 Å². The number of aryl methyl sites for hydroxylation is 1. The predicted molar refractivity (Wildman–Crippen MR) is 115 cm³/mol. The van der Waals surface area contributed by atoms with Crippen LogP contribution in [0.15, 0.2) is 69.1 Å². The van der Waals surface area contributed by atoms with Crippen molar-refractivity contribution in [1.82, 2.24) is 19.7 Å². The Morgan fingerprint density at radius 2 is 1.83 bits per heavy atom. The van der Waals surface area contributed by atoms with Gasteiger partial charge < -0.3 is 4.52 Å². The molecule has 7 heteroatoms. The van der Waals surface area contributed by atoms with Gasteiger partial charge in [-0.15, -0.1) is 0 Å². The summed E-state index contributed by atoms with van der Waals surface area (Å²) in [4.78, 5) is 22.0. The molecule has 0 unspecified atom stereocenters. The Bertz CT molecular complexity index is 1150. The molecule has 0 fully saturated rings. The Kier molecular flexibility index (Phi) is 6.05. The molecule has 2 aromatic heterocycles. The molecule has 2 aromatic carbocycles. The highest BCUT2D eigenvalue weighted by molar-refractivity contribution is 7.99. The second kappa shape index (κ2) is 9.05. The van der Waals surface area contributed by atoms with E-state index in [2.05, 4.69) is 17.1 Å². The molecule has 0 aliphatic heterocycles. The zero-order valence-corrected chi connectivity index (χ0v) is 17.1. The van der Waals surface area contributed by atoms with E-state index >= 15 is 0 Å². The van der Waals surface area contributed by atoms with Gasteiger partial charge in [-0.25, -0.2) is 4.98 Å². The van der Waals surface area contributed by atoms with E-state index in [-0.39, 0.29) is 5.56 Å². The van der Waals surface area contributed by atoms with Gasteiger partial charge in [-0.3, -0.25) is 9.36 Å². The lowest BCUT2D eigenvalue weighted by atomic mass is 10.2. The van der Waals surface area contributed by atoms with E-state index in [1.807, 2.05) is 54.6 Å². The van der Waals surface area contributed by atoms with E-state index in [9.17, 15) is 4.79 Å². The smallest absolute Gasteiger partial charge is 0.262 e. The van der Waals surface area contributed by atoms with Gasteiger partial charge in [0.15, 0.2) is 5.16 Å². The molecule has 0 spiro atoms. The zero-order valence-electron chi connectivity index (χ0n) is 16.2. The number of thioether (sulfide) groups is 1. The van der Waals surface area contributed by atoms with Gasteiger partial charge in [-0.2, -0.15) is 4.98 Å². The fraction of sp³-hybridized carbons (Fsp3) is 0.273. The number of para-hydroxylation sites is 1. The minimum Gasteiger partial charge on any atom is -0.339 e. The minimum absolute atomic E-state index is 0.0318. The first-order valence-corrected chi connectivity index (χ1v) is 10.7. The van der Waals surface area contributed by atoms with Crippen LogP contribution in [0.2, 0.25) is 0 Å². The standard InChI is InChI=1S/C22H22N4O2S/c1-2-14-26-21(27)17-11-6-7-12-18(17)23-22(26)29-15-8-13-19-24-20(25-28-19)16-9-4-3-5-10-16/h3-7,9-12H,2,8,13-15H2,1H3. The van der Waals surface area contributed by atoms with Crippen molar-refractivity contribution >= 4 is 22.7 Å². The molecule has 6 nitrogen and oxygen atoms in total. The summed E-state index contributed by atoms with van der Waals surface area (Å²) < 4.78 is 7.15. The number of hydrogen-bond donors (Lipinski definition) is 0. The number of hydrogen-bond acceptors (Lipinski definition) is 6. The van der Waals surface area contributed by atoms with Gasteiger partial charge in [0, 0.05) is 24.3 Å². The summed E-state index contributed by atoms with van der Waals surface area (Å²) in [6.45, 7) is 2.74. The van der Waals surface area contributed by atoms with Gasteiger partial charge in [0.25, 0.3) is 5.56 Å². The number of rotatable bonds is 8. The van der Waals surface area contributed by atoms with Crippen molar-refractivity contribution in [3.05, 3.63) is 70.8 Å². The molecule has 0 bridgehead atoms. The van der Waals surface area contributed by atoms with E-state index in [4.69, 9.17) is 9.51 Å². The Hall–Kier alpha value is -2.93. The van der Waals surface area contributed by atoms with Gasteiger partial charge in [-0.05, 0) is 25.0 Å². The zero-order chi connectivity index (χ0) is 20.1. The molecule has 2 heterocycles. The molecule has 0 aliphatic rings. The normalized spacial score (nSPS) is 11.2. The molecule has 0 N–H and O–H groups in total. The van der Waals surface area contributed by atoms with E-state index in [1.54, 1.807) is 16.3 Å². The average Bonchev–Trinajstić information content (AvgIpc) is 3.23. The maximum absolute atomic E-state index is 12.8. The molecule has 0 saturated carbocycles. The number of nitrogens with zero attached hydrogens (tertiary/aromatic N) is 4. The lowest BCUT2D eigenvalue weighted by Crippen LogP contribution is -2.23. The summed E-state index contributed by atoms with van der Waals surface area (Å²) in [5, 5.41) is 5.50. The first-order valence-electron chi connectivity index (χ1n) is 9.76. The van der Waals surface area contributed by atoms with E-state index in [1.165, 1.54) is 0 Å². The fourth-order valence-electron chi connectivity index (χ4n) is 3.13. The Labute approximate surface area is 173 Å². The Morgan fingerprint density at radius 3 is 2.66 bits per heavy atom. The molecular weight excluding hydrogens is 384 g/mol. The highest BCUT2D eigenvalue weighted by Gasteiger charge is 2.12. The third-order valence-corrected chi connectivity index (χ3v) is 5.60. The largest absolute Gasteiger partial charge is 0.339 e. The van der Waals surface area contributed by atoms with Crippen LogP contribution >= 0.6 is 11.8 Å². The summed E-state index contributed by atoms with van der Waals surface area (Å²) in [6, 6.07) is 17.3. The molecule has 0 atom stereocenters. The molecule has 4 aromatic rings. The summed E-state index contributed by atoms with van der Waals surface area (Å²) in [6.07, 6.45) is 2.44. The van der Waals surface area contributed by atoms with Gasteiger partial charge in [-0.1, -0.05) is 66.3 Å². The number of aromatic nitrogens is 4. The summed E-state index contributed by atoms with van der Waals surface area (Å²) in [5.74, 6) is 2.06. The van der Waals surface area contributed by atoms with Crippen LogP contribution in [0.25, 0.3) is 22.3 Å². The van der Waals surface area contributed by atoms with Crippen LogP contribution in [0, 0.1) is 0 Å². The Morgan fingerprint density at radius 1 is 1.03 bits per heavy atom. The summed E-state index contributed by atoms with van der Waals surface area (Å²) in [5.41, 5.74) is 1.72. The molecular formula is C22H22N4O2S. The Balaban J connectivity index is 1.42. The van der Waals surface area contributed by atoms with Gasteiger partial charge >= 0.3 is 0 Å². The third-order valence-electron chi connectivity index (χ3n) is 4.54. The minimum atomic E-state index is 0.0318. The molecule has 0 amide bonds. The van der Waals surface area contributed by atoms with Crippen LogP contribution in [0.3, 0.4) is 0 Å². The highest BCUT2D eigenvalue weighted by Crippen LogP contribution is 2.20. The molecule has 0 radical (unpaired) electrons. The first-order chi connectivity index (χ1) is 14.3. The van der Waals surface area contributed by atoms with Crippen molar-refractivity contribution in [2.45, 2.75) is 37.9 Å². The number of benzene rings is 2. The highest BCUT2D eigenvalue weighted by atomic mass is 32.2. The second-order valence-corrected chi connectivity index (χ2v) is 7.76. The van der Waals surface area contributed by atoms with Gasteiger partial charge in [0.2, 0.25) is 11.7 Å². The van der Waals surface area contributed by atoms with Crippen molar-refractivity contribution in [2.75, 3.05) is 5.75 Å². The topological polar surface area (TPSA) is 73.8 Å². The van der Waals surface area contributed by atoms with E-state index in [0.717, 1.165) is 34.8 Å². The lowest BCUT2D eigenvalue weighted by Gasteiger charge is -2.11. The first kappa shape index (κ1) is 19.4. The van der Waals surface area contributed by atoms with Crippen LogP contribution in [-0.4, -0.2) is 25.4 Å². The van der Waals surface area contributed by atoms with Crippen LogP contribution in [0.4, 0.5) is 0 Å². The van der Waals surface area contributed by atoms with Crippen molar-refractivity contribution < 1.29 is 4.52 Å². The monoisotopic (exact) mass is 406 g/mol. The molecule has 0 saturated heterocycles. The van der Waals surface area contributed by atoms with E-state index < -0.39 is 0 Å². The molecule has 0 aliphatic carbocycles. The van der Waals surface area contributed by atoms with Gasteiger partial charge in [0.05, 0.1) is 10.9 Å².